The van der Waals surface area contributed by atoms with Gasteiger partial charge in [0.2, 0.25) is 5.69 Å². The molecule has 1 N–H and O–H groups in total. The van der Waals surface area contributed by atoms with Crippen LogP contribution < -0.4 is 16.6 Å². The van der Waals surface area contributed by atoms with Crippen molar-refractivity contribution in [2.75, 3.05) is 39.4 Å². The van der Waals surface area contributed by atoms with Gasteiger partial charge in [0.1, 0.15) is 5.82 Å². The van der Waals surface area contributed by atoms with Gasteiger partial charge in [0, 0.05) is 36.8 Å². The molecule has 2 aromatic carbocycles. The Balaban J connectivity index is 1.68. The number of halogens is 2. The molecule has 0 saturated carbocycles. The highest BCUT2D eigenvalue weighted by molar-refractivity contribution is 6.30. The Morgan fingerprint density at radius 1 is 1.09 bits per heavy atom. The number of amides is 1. The van der Waals surface area contributed by atoms with Gasteiger partial charge in [-0.2, -0.15) is 9.78 Å². The molecule has 4 rings (SSSR count). The van der Waals surface area contributed by atoms with Crippen LogP contribution in [0.4, 0.5) is 4.39 Å². The van der Waals surface area contributed by atoms with Gasteiger partial charge < -0.3 is 10.1 Å². The molecule has 0 bridgehead atoms. The third-order valence-electron chi connectivity index (χ3n) is 5.45. The number of morpholine rings is 1. The lowest BCUT2D eigenvalue weighted by Crippen LogP contribution is -2.47. The molecule has 0 aliphatic carbocycles. The summed E-state index contributed by atoms with van der Waals surface area (Å²) in [4.78, 5) is 41.3. The summed E-state index contributed by atoms with van der Waals surface area (Å²) in [5.74, 6) is -1.29. The lowest BCUT2D eigenvalue weighted by atomic mass is 10.2. The maximum Gasteiger partial charge on any atom is 0.352 e. The molecule has 11 heteroatoms. The monoisotopic (exact) mass is 487 g/mol. The quantitative estimate of drug-likeness (QED) is 0.539. The van der Waals surface area contributed by atoms with Crippen LogP contribution in [-0.4, -0.2) is 64.5 Å². The molecule has 34 heavy (non-hydrogen) atoms. The summed E-state index contributed by atoms with van der Waals surface area (Å²) in [6, 6.07) is 12.0. The largest absolute Gasteiger partial charge is 0.379 e. The molecule has 1 aromatic heterocycles. The Labute approximate surface area is 199 Å². The Kier molecular flexibility index (Phi) is 7.51. The van der Waals surface area contributed by atoms with Crippen molar-refractivity contribution in [3.8, 4) is 5.69 Å². The standard InChI is InChI=1S/C23H23ClFN5O4/c24-17-5-7-18(8-6-17)30-23(33)29(15-16-3-1-2-4-19(16)25)22(32)20(27-30)21(31)26-9-10-28-11-13-34-14-12-28/h1-8H,9-15H2,(H,26,31). The molecule has 0 unspecified atom stereocenters. The number of nitrogens with zero attached hydrogens (tertiary/aromatic N) is 4. The normalized spacial score (nSPS) is 14.2. The highest BCUT2D eigenvalue weighted by Gasteiger charge is 2.21. The van der Waals surface area contributed by atoms with Crippen LogP contribution in [0.1, 0.15) is 16.1 Å². The first-order chi connectivity index (χ1) is 16.4. The number of aromatic nitrogens is 3. The van der Waals surface area contributed by atoms with Gasteiger partial charge in [-0.25, -0.2) is 9.18 Å². The van der Waals surface area contributed by atoms with Crippen LogP contribution in [0.5, 0.6) is 0 Å². The van der Waals surface area contributed by atoms with E-state index in [4.69, 9.17) is 16.3 Å². The van der Waals surface area contributed by atoms with E-state index in [0.29, 0.717) is 30.5 Å². The summed E-state index contributed by atoms with van der Waals surface area (Å²) < 4.78 is 21.3. The average Bonchev–Trinajstić information content (AvgIpc) is 2.84. The van der Waals surface area contributed by atoms with E-state index in [1.807, 2.05) is 0 Å². The third-order valence-corrected chi connectivity index (χ3v) is 5.70. The van der Waals surface area contributed by atoms with Crippen molar-refractivity contribution in [2.45, 2.75) is 6.54 Å². The van der Waals surface area contributed by atoms with Gasteiger partial charge in [-0.3, -0.25) is 19.1 Å². The van der Waals surface area contributed by atoms with E-state index in [1.54, 1.807) is 18.2 Å². The number of nitrogens with one attached hydrogen (secondary N) is 1. The topological polar surface area (TPSA) is 98.5 Å². The molecule has 0 atom stereocenters. The highest BCUT2D eigenvalue weighted by atomic mass is 35.5. The number of hydrogen-bond acceptors (Lipinski definition) is 6. The van der Waals surface area contributed by atoms with Gasteiger partial charge in [0.05, 0.1) is 25.4 Å². The van der Waals surface area contributed by atoms with E-state index in [9.17, 15) is 18.8 Å². The Morgan fingerprint density at radius 3 is 2.50 bits per heavy atom. The van der Waals surface area contributed by atoms with Crippen molar-refractivity contribution < 1.29 is 13.9 Å². The summed E-state index contributed by atoms with van der Waals surface area (Å²) in [5, 5.41) is 7.18. The van der Waals surface area contributed by atoms with Crippen molar-refractivity contribution in [2.24, 2.45) is 0 Å². The molecule has 1 aliphatic heterocycles. The minimum Gasteiger partial charge on any atom is -0.379 e. The summed E-state index contributed by atoms with van der Waals surface area (Å²) in [5.41, 5.74) is -1.73. The number of rotatable bonds is 7. The smallest absolute Gasteiger partial charge is 0.352 e. The molecule has 0 radical (unpaired) electrons. The third kappa shape index (κ3) is 5.41. The Morgan fingerprint density at radius 2 is 1.79 bits per heavy atom. The zero-order valence-corrected chi connectivity index (χ0v) is 19.0. The van der Waals surface area contributed by atoms with Crippen LogP contribution in [0, 0.1) is 5.82 Å². The molecule has 3 aromatic rings. The molecular weight excluding hydrogens is 465 g/mol. The van der Waals surface area contributed by atoms with Crippen LogP contribution in [0.2, 0.25) is 5.02 Å². The first-order valence-electron chi connectivity index (χ1n) is 10.8. The minimum atomic E-state index is -0.901. The SMILES string of the molecule is O=C(NCCN1CCOCC1)c1nn(-c2ccc(Cl)cc2)c(=O)n(Cc2ccccc2F)c1=O. The van der Waals surface area contributed by atoms with Crippen molar-refractivity contribution in [3.05, 3.63) is 91.5 Å². The first kappa shape index (κ1) is 23.8. The number of carbonyl (C=O) groups is 1. The summed E-state index contributed by atoms with van der Waals surface area (Å²) in [7, 11) is 0. The molecule has 1 fully saturated rings. The molecule has 9 nitrogen and oxygen atoms in total. The maximum absolute atomic E-state index is 14.3. The van der Waals surface area contributed by atoms with Gasteiger partial charge in [-0.15, -0.1) is 0 Å². The molecule has 1 aliphatic rings. The minimum absolute atomic E-state index is 0.134. The van der Waals surface area contributed by atoms with Gasteiger partial charge in [-0.1, -0.05) is 29.8 Å². The van der Waals surface area contributed by atoms with Crippen LogP contribution in [0.15, 0.2) is 58.1 Å². The number of ether oxygens (including phenoxy) is 1. The second-order valence-electron chi connectivity index (χ2n) is 7.71. The van der Waals surface area contributed by atoms with Crippen molar-refractivity contribution in [1.82, 2.24) is 24.6 Å². The van der Waals surface area contributed by atoms with Crippen LogP contribution in [-0.2, 0) is 11.3 Å². The predicted molar refractivity (Wildman–Crippen MR) is 124 cm³/mol. The average molecular weight is 488 g/mol. The van der Waals surface area contributed by atoms with E-state index < -0.39 is 28.7 Å². The van der Waals surface area contributed by atoms with Gasteiger partial charge >= 0.3 is 5.69 Å². The molecule has 1 saturated heterocycles. The van der Waals surface area contributed by atoms with E-state index in [-0.39, 0.29) is 18.7 Å². The second kappa shape index (κ2) is 10.7. The van der Waals surface area contributed by atoms with E-state index in [1.165, 1.54) is 30.3 Å². The lowest BCUT2D eigenvalue weighted by molar-refractivity contribution is 0.0383. The van der Waals surface area contributed by atoms with Crippen LogP contribution in [0.3, 0.4) is 0 Å². The van der Waals surface area contributed by atoms with Gasteiger partial charge in [-0.05, 0) is 30.3 Å². The fourth-order valence-electron chi connectivity index (χ4n) is 3.58. The van der Waals surface area contributed by atoms with Gasteiger partial charge in [0.25, 0.3) is 11.5 Å². The number of hydrogen-bond donors (Lipinski definition) is 1. The van der Waals surface area contributed by atoms with Crippen LogP contribution in [0.25, 0.3) is 5.69 Å². The van der Waals surface area contributed by atoms with Crippen molar-refractivity contribution in [1.29, 1.82) is 0 Å². The van der Waals surface area contributed by atoms with E-state index >= 15 is 0 Å². The molecule has 2 heterocycles. The number of carbonyl (C=O) groups excluding carboxylic acids is 1. The van der Waals surface area contributed by atoms with E-state index in [0.717, 1.165) is 22.3 Å². The first-order valence-corrected chi connectivity index (χ1v) is 11.1. The molecule has 1 amide bonds. The fraction of sp³-hybridized carbons (Fsp3) is 0.304. The lowest BCUT2D eigenvalue weighted by Gasteiger charge is -2.26. The van der Waals surface area contributed by atoms with Gasteiger partial charge in [0.15, 0.2) is 0 Å². The summed E-state index contributed by atoms with van der Waals surface area (Å²) in [6.45, 7) is 3.28. The molecular formula is C23H23ClFN5O4. The zero-order chi connectivity index (χ0) is 24.1. The maximum atomic E-state index is 14.3. The zero-order valence-electron chi connectivity index (χ0n) is 18.2. The number of benzene rings is 2. The Bertz CT molecular complexity index is 1290. The van der Waals surface area contributed by atoms with Crippen molar-refractivity contribution >= 4 is 17.5 Å². The second-order valence-corrected chi connectivity index (χ2v) is 8.15. The summed E-state index contributed by atoms with van der Waals surface area (Å²) in [6.07, 6.45) is 0. The molecule has 0 spiro atoms. The molecule has 178 valence electrons. The van der Waals surface area contributed by atoms with E-state index in [2.05, 4.69) is 15.3 Å². The Hall–Kier alpha value is -3.34. The fourth-order valence-corrected chi connectivity index (χ4v) is 3.71. The summed E-state index contributed by atoms with van der Waals surface area (Å²) >= 11 is 5.94. The predicted octanol–water partition coefficient (Wildman–Crippen LogP) is 1.30. The highest BCUT2D eigenvalue weighted by Crippen LogP contribution is 2.12. The van der Waals surface area contributed by atoms with Crippen molar-refractivity contribution in [3.63, 3.8) is 0 Å². The van der Waals surface area contributed by atoms with Crippen LogP contribution >= 0.6 is 11.6 Å².